The first-order valence-corrected chi connectivity index (χ1v) is 13.4. The number of hydrazone groups is 1. The molecule has 0 atom stereocenters. The summed E-state index contributed by atoms with van der Waals surface area (Å²) in [5.41, 5.74) is 6.47. The molecule has 2 N–H and O–H groups in total. The van der Waals surface area contributed by atoms with Gasteiger partial charge in [-0.2, -0.15) is 5.10 Å². The highest BCUT2D eigenvalue weighted by Crippen LogP contribution is 2.40. The van der Waals surface area contributed by atoms with E-state index in [1.807, 2.05) is 91.0 Å². The SMILES string of the molecule is O=C(N/N=C/c1ccc(O)cc1)c1cc(OCc2ccccc2)c(OCc2ccccc2)c(OCc2ccccc2)c1. The van der Waals surface area contributed by atoms with Gasteiger partial charge in [0.1, 0.15) is 25.6 Å². The predicted molar refractivity (Wildman–Crippen MR) is 162 cm³/mol. The van der Waals surface area contributed by atoms with Crippen LogP contribution < -0.4 is 19.6 Å². The van der Waals surface area contributed by atoms with Crippen LogP contribution in [0.2, 0.25) is 0 Å². The van der Waals surface area contributed by atoms with E-state index in [1.165, 1.54) is 6.21 Å². The number of phenolic OH excluding ortho intramolecular Hbond substituents is 1. The standard InChI is InChI=1S/C35H30N2O5/c38-31-18-16-26(17-19-31)22-36-37-35(39)30-20-32(40-23-27-10-4-1-5-11-27)34(42-25-29-14-8-3-9-15-29)33(21-30)41-24-28-12-6-2-7-13-28/h1-22,38H,23-25H2,(H,37,39)/b36-22+. The Morgan fingerprint density at radius 1 is 0.643 bits per heavy atom. The average molecular weight is 559 g/mol. The Balaban J connectivity index is 1.45. The highest BCUT2D eigenvalue weighted by atomic mass is 16.5. The average Bonchev–Trinajstić information content (AvgIpc) is 3.04. The quantitative estimate of drug-likeness (QED) is 0.129. The summed E-state index contributed by atoms with van der Waals surface area (Å²) < 4.78 is 18.7. The summed E-state index contributed by atoms with van der Waals surface area (Å²) in [5, 5.41) is 13.6. The van der Waals surface area contributed by atoms with Crippen LogP contribution in [0.1, 0.15) is 32.6 Å². The highest BCUT2D eigenvalue weighted by molar-refractivity contribution is 5.96. The molecular formula is C35H30N2O5. The smallest absolute Gasteiger partial charge is 0.271 e. The van der Waals surface area contributed by atoms with Crippen LogP contribution in [0, 0.1) is 0 Å². The van der Waals surface area contributed by atoms with Gasteiger partial charge in [-0.1, -0.05) is 91.0 Å². The topological polar surface area (TPSA) is 89.4 Å². The van der Waals surface area contributed by atoms with E-state index in [2.05, 4.69) is 10.5 Å². The molecule has 0 heterocycles. The van der Waals surface area contributed by atoms with Gasteiger partial charge in [0.15, 0.2) is 11.5 Å². The molecule has 5 rings (SSSR count). The summed E-state index contributed by atoms with van der Waals surface area (Å²) >= 11 is 0. The first kappa shape index (κ1) is 28.0. The lowest BCUT2D eigenvalue weighted by Gasteiger charge is -2.19. The predicted octanol–water partition coefficient (Wildman–Crippen LogP) is 6.89. The van der Waals surface area contributed by atoms with Crippen LogP contribution in [0.25, 0.3) is 0 Å². The molecule has 7 heteroatoms. The number of hydrogen-bond donors (Lipinski definition) is 2. The maximum Gasteiger partial charge on any atom is 0.271 e. The first-order valence-electron chi connectivity index (χ1n) is 13.4. The van der Waals surface area contributed by atoms with Crippen molar-refractivity contribution >= 4 is 12.1 Å². The molecule has 0 fully saturated rings. The van der Waals surface area contributed by atoms with E-state index >= 15 is 0 Å². The highest BCUT2D eigenvalue weighted by Gasteiger charge is 2.20. The molecule has 0 aliphatic heterocycles. The zero-order valence-electron chi connectivity index (χ0n) is 22.9. The number of nitrogens with one attached hydrogen (secondary N) is 1. The van der Waals surface area contributed by atoms with Crippen LogP contribution in [-0.4, -0.2) is 17.2 Å². The van der Waals surface area contributed by atoms with Gasteiger partial charge in [0.05, 0.1) is 6.21 Å². The lowest BCUT2D eigenvalue weighted by Crippen LogP contribution is -2.18. The summed E-state index contributed by atoms with van der Waals surface area (Å²) in [6, 6.07) is 39.0. The number of carbonyl (C=O) groups excluding carboxylic acids is 1. The molecule has 1 amide bonds. The van der Waals surface area contributed by atoms with E-state index in [9.17, 15) is 9.90 Å². The van der Waals surface area contributed by atoms with Crippen molar-refractivity contribution in [2.45, 2.75) is 19.8 Å². The molecule has 0 aliphatic carbocycles. The molecule has 5 aromatic rings. The molecule has 210 valence electrons. The summed E-state index contributed by atoms with van der Waals surface area (Å²) in [6.45, 7) is 0.822. The third kappa shape index (κ3) is 7.99. The first-order chi connectivity index (χ1) is 20.6. The Morgan fingerprint density at radius 3 is 1.57 bits per heavy atom. The molecule has 0 saturated heterocycles. The Kier molecular flexibility index (Phi) is 9.45. The number of ether oxygens (including phenoxy) is 3. The van der Waals surface area contributed by atoms with Gasteiger partial charge in [-0.05, 0) is 58.7 Å². The Hall–Kier alpha value is -5.56. The minimum absolute atomic E-state index is 0.150. The van der Waals surface area contributed by atoms with Gasteiger partial charge >= 0.3 is 0 Å². The van der Waals surface area contributed by atoms with Crippen molar-refractivity contribution in [2.24, 2.45) is 5.10 Å². The van der Waals surface area contributed by atoms with Crippen molar-refractivity contribution < 1.29 is 24.1 Å². The van der Waals surface area contributed by atoms with Crippen LogP contribution in [-0.2, 0) is 19.8 Å². The van der Waals surface area contributed by atoms with Crippen molar-refractivity contribution in [1.29, 1.82) is 0 Å². The van der Waals surface area contributed by atoms with Crippen LogP contribution >= 0.6 is 0 Å². The molecule has 0 saturated carbocycles. The Labute approximate surface area is 244 Å². The van der Waals surface area contributed by atoms with Gasteiger partial charge in [-0.3, -0.25) is 4.79 Å². The van der Waals surface area contributed by atoms with Crippen LogP contribution in [0.4, 0.5) is 0 Å². The molecule has 0 radical (unpaired) electrons. The number of benzene rings is 5. The largest absolute Gasteiger partial charge is 0.508 e. The summed E-state index contributed by atoms with van der Waals surface area (Å²) in [6.07, 6.45) is 1.49. The lowest BCUT2D eigenvalue weighted by atomic mass is 10.1. The number of aromatic hydroxyl groups is 1. The fourth-order valence-electron chi connectivity index (χ4n) is 4.06. The van der Waals surface area contributed by atoms with Gasteiger partial charge in [-0.15, -0.1) is 0 Å². The summed E-state index contributed by atoms with van der Waals surface area (Å²) in [4.78, 5) is 13.2. The van der Waals surface area contributed by atoms with E-state index in [0.29, 0.717) is 17.2 Å². The molecular weight excluding hydrogens is 528 g/mol. The molecule has 0 aromatic heterocycles. The Bertz CT molecular complexity index is 1540. The minimum atomic E-state index is -0.450. The summed E-state index contributed by atoms with van der Waals surface area (Å²) in [5.74, 6) is 0.835. The Morgan fingerprint density at radius 2 is 1.10 bits per heavy atom. The van der Waals surface area contributed by atoms with E-state index in [-0.39, 0.29) is 31.1 Å². The van der Waals surface area contributed by atoms with Crippen molar-refractivity contribution in [2.75, 3.05) is 0 Å². The minimum Gasteiger partial charge on any atom is -0.508 e. The van der Waals surface area contributed by atoms with Gasteiger partial charge in [0.2, 0.25) is 5.75 Å². The monoisotopic (exact) mass is 558 g/mol. The van der Waals surface area contributed by atoms with Crippen molar-refractivity contribution in [3.8, 4) is 23.0 Å². The second-order valence-corrected chi connectivity index (χ2v) is 9.42. The van der Waals surface area contributed by atoms with E-state index in [1.54, 1.807) is 36.4 Å². The van der Waals surface area contributed by atoms with E-state index in [4.69, 9.17) is 14.2 Å². The second-order valence-electron chi connectivity index (χ2n) is 9.42. The number of rotatable bonds is 12. The van der Waals surface area contributed by atoms with Gasteiger partial charge < -0.3 is 19.3 Å². The molecule has 0 bridgehead atoms. The third-order valence-electron chi connectivity index (χ3n) is 6.26. The summed E-state index contributed by atoms with van der Waals surface area (Å²) in [7, 11) is 0. The fraction of sp³-hybridized carbons (Fsp3) is 0.0857. The maximum atomic E-state index is 13.2. The van der Waals surface area contributed by atoms with Gasteiger partial charge in [-0.25, -0.2) is 5.43 Å². The molecule has 0 spiro atoms. The zero-order chi connectivity index (χ0) is 29.0. The fourth-order valence-corrected chi connectivity index (χ4v) is 4.06. The zero-order valence-corrected chi connectivity index (χ0v) is 22.9. The van der Waals surface area contributed by atoms with Gasteiger partial charge in [0, 0.05) is 5.56 Å². The maximum absolute atomic E-state index is 13.2. The molecule has 5 aromatic carbocycles. The molecule has 0 unspecified atom stereocenters. The van der Waals surface area contributed by atoms with Crippen LogP contribution in [0.15, 0.2) is 132 Å². The van der Waals surface area contributed by atoms with Crippen molar-refractivity contribution in [1.82, 2.24) is 5.43 Å². The van der Waals surface area contributed by atoms with Crippen molar-refractivity contribution in [3.05, 3.63) is 155 Å². The molecule has 7 nitrogen and oxygen atoms in total. The number of hydrogen-bond acceptors (Lipinski definition) is 6. The number of phenols is 1. The third-order valence-corrected chi connectivity index (χ3v) is 6.26. The van der Waals surface area contributed by atoms with Crippen molar-refractivity contribution in [3.63, 3.8) is 0 Å². The molecule has 42 heavy (non-hydrogen) atoms. The van der Waals surface area contributed by atoms with E-state index < -0.39 is 5.91 Å². The normalized spacial score (nSPS) is 10.8. The van der Waals surface area contributed by atoms with E-state index in [0.717, 1.165) is 22.3 Å². The number of nitrogens with zero attached hydrogens (tertiary/aromatic N) is 1. The number of carbonyl (C=O) groups is 1. The van der Waals surface area contributed by atoms with Crippen LogP contribution in [0.3, 0.4) is 0 Å². The molecule has 0 aliphatic rings. The number of amides is 1. The lowest BCUT2D eigenvalue weighted by molar-refractivity contribution is 0.0953. The van der Waals surface area contributed by atoms with Gasteiger partial charge in [0.25, 0.3) is 5.91 Å². The van der Waals surface area contributed by atoms with Crippen LogP contribution in [0.5, 0.6) is 23.0 Å². The second kappa shape index (κ2) is 14.2.